The van der Waals surface area contributed by atoms with E-state index >= 15 is 0 Å². The lowest BCUT2D eigenvalue weighted by atomic mass is 10.1. The van der Waals surface area contributed by atoms with Crippen LogP contribution in [0.4, 0.5) is 5.69 Å². The van der Waals surface area contributed by atoms with Crippen LogP contribution in [0, 0.1) is 5.21 Å². The Morgan fingerprint density at radius 1 is 0.875 bits per heavy atom. The average molecular weight is 318 g/mol. The van der Waals surface area contributed by atoms with Crippen LogP contribution in [0.3, 0.4) is 0 Å². The zero-order chi connectivity index (χ0) is 16.8. The van der Waals surface area contributed by atoms with E-state index in [0.717, 1.165) is 12.1 Å². The van der Waals surface area contributed by atoms with Crippen molar-refractivity contribution >= 4 is 11.6 Å². The predicted molar refractivity (Wildman–Crippen MR) is 93.7 cm³/mol. The van der Waals surface area contributed by atoms with E-state index in [2.05, 4.69) is 12.1 Å². The smallest absolute Gasteiger partial charge is 0.258 e. The third-order valence-corrected chi connectivity index (χ3v) is 3.83. The van der Waals surface area contributed by atoms with E-state index in [9.17, 15) is 10.0 Å². The summed E-state index contributed by atoms with van der Waals surface area (Å²) in [6.07, 6.45) is 3.44. The van der Waals surface area contributed by atoms with Crippen LogP contribution in [0.25, 0.3) is 0 Å². The van der Waals surface area contributed by atoms with Crippen molar-refractivity contribution in [3.63, 3.8) is 0 Å². The Balaban J connectivity index is 1.84. The minimum Gasteiger partial charge on any atom is -0.619 e. The molecule has 0 N–H and O–H groups in total. The Morgan fingerprint density at radius 2 is 1.46 bits per heavy atom. The normalized spacial score (nSPS) is 10.3. The van der Waals surface area contributed by atoms with Gasteiger partial charge in [0.15, 0.2) is 12.4 Å². The van der Waals surface area contributed by atoms with Crippen molar-refractivity contribution in [1.29, 1.82) is 0 Å². The van der Waals surface area contributed by atoms with Gasteiger partial charge >= 0.3 is 0 Å². The number of benzene rings is 2. The molecule has 0 radical (unpaired) electrons. The third kappa shape index (κ3) is 3.79. The highest BCUT2D eigenvalue weighted by Crippen LogP contribution is 2.17. The molecular formula is C20H18N2O2. The first-order valence-corrected chi connectivity index (χ1v) is 7.84. The van der Waals surface area contributed by atoms with Gasteiger partial charge in [0.1, 0.15) is 0 Å². The molecular weight excluding hydrogens is 300 g/mol. The van der Waals surface area contributed by atoms with Crippen molar-refractivity contribution in [2.75, 3.05) is 11.4 Å². The highest BCUT2D eigenvalue weighted by molar-refractivity contribution is 6.05. The van der Waals surface area contributed by atoms with E-state index in [4.69, 9.17) is 0 Å². The number of para-hydroxylation sites is 1. The summed E-state index contributed by atoms with van der Waals surface area (Å²) in [4.78, 5) is 14.6. The molecule has 3 rings (SSSR count). The molecule has 120 valence electrons. The number of pyridine rings is 1. The second kappa shape index (κ2) is 7.42. The number of hydrogen-bond donors (Lipinski definition) is 0. The molecule has 0 aliphatic rings. The van der Waals surface area contributed by atoms with Gasteiger partial charge in [-0.25, -0.2) is 0 Å². The summed E-state index contributed by atoms with van der Waals surface area (Å²) < 4.78 is 0.674. The topological polar surface area (TPSA) is 47.2 Å². The molecule has 0 atom stereocenters. The number of hydrogen-bond acceptors (Lipinski definition) is 2. The Kier molecular flexibility index (Phi) is 4.87. The van der Waals surface area contributed by atoms with Crippen molar-refractivity contribution in [1.82, 2.24) is 0 Å². The number of amides is 1. The van der Waals surface area contributed by atoms with Gasteiger partial charge in [-0.15, -0.1) is 0 Å². The van der Waals surface area contributed by atoms with Crippen LogP contribution in [-0.4, -0.2) is 12.5 Å². The maximum absolute atomic E-state index is 12.9. The van der Waals surface area contributed by atoms with Crippen LogP contribution in [0.1, 0.15) is 15.9 Å². The van der Waals surface area contributed by atoms with E-state index in [0.29, 0.717) is 16.8 Å². The summed E-state index contributed by atoms with van der Waals surface area (Å²) >= 11 is 0. The van der Waals surface area contributed by atoms with Gasteiger partial charge in [0.25, 0.3) is 5.91 Å². The summed E-state index contributed by atoms with van der Waals surface area (Å²) in [6.45, 7) is 0.569. The lowest BCUT2D eigenvalue weighted by Crippen LogP contribution is -2.34. The van der Waals surface area contributed by atoms with Gasteiger partial charge in [-0.2, -0.15) is 4.73 Å². The van der Waals surface area contributed by atoms with E-state index in [1.165, 1.54) is 18.0 Å². The Bertz CT molecular complexity index is 787. The number of anilines is 1. The van der Waals surface area contributed by atoms with Crippen LogP contribution in [0.5, 0.6) is 0 Å². The summed E-state index contributed by atoms with van der Waals surface area (Å²) in [5.74, 6) is -0.113. The molecule has 1 amide bonds. The van der Waals surface area contributed by atoms with Crippen LogP contribution in [0.2, 0.25) is 0 Å². The van der Waals surface area contributed by atoms with Crippen LogP contribution in [-0.2, 0) is 6.42 Å². The number of carbonyl (C=O) groups is 1. The minimum absolute atomic E-state index is 0.113. The molecule has 0 bridgehead atoms. The number of nitrogens with zero attached hydrogens (tertiary/aromatic N) is 2. The molecule has 2 aromatic carbocycles. The molecule has 4 heteroatoms. The molecule has 0 fully saturated rings. The fraction of sp³-hybridized carbons (Fsp3) is 0.100. The molecule has 1 aromatic heterocycles. The lowest BCUT2D eigenvalue weighted by Gasteiger charge is -2.23. The summed E-state index contributed by atoms with van der Waals surface area (Å²) in [5, 5.41) is 11.2. The average Bonchev–Trinajstić information content (AvgIpc) is 2.64. The lowest BCUT2D eigenvalue weighted by molar-refractivity contribution is -0.605. The Labute approximate surface area is 141 Å². The Hall–Kier alpha value is -3.14. The van der Waals surface area contributed by atoms with Crippen LogP contribution < -0.4 is 9.63 Å². The fourth-order valence-corrected chi connectivity index (χ4v) is 2.55. The molecule has 0 unspecified atom stereocenters. The monoisotopic (exact) mass is 318 g/mol. The maximum Gasteiger partial charge on any atom is 0.258 e. The first-order chi connectivity index (χ1) is 11.7. The van der Waals surface area contributed by atoms with E-state index in [1.807, 2.05) is 48.5 Å². The van der Waals surface area contributed by atoms with Crippen LogP contribution in [0.15, 0.2) is 85.2 Å². The number of aromatic nitrogens is 1. The summed E-state index contributed by atoms with van der Waals surface area (Å²) in [7, 11) is 0. The first kappa shape index (κ1) is 15.7. The molecule has 4 nitrogen and oxygen atoms in total. The van der Waals surface area contributed by atoms with Gasteiger partial charge in [-0.05, 0) is 24.1 Å². The molecule has 0 saturated carbocycles. The van der Waals surface area contributed by atoms with Gasteiger partial charge in [0.05, 0.1) is 5.56 Å². The second-order valence-corrected chi connectivity index (χ2v) is 5.47. The Morgan fingerprint density at radius 3 is 2.08 bits per heavy atom. The zero-order valence-corrected chi connectivity index (χ0v) is 13.2. The van der Waals surface area contributed by atoms with Gasteiger partial charge in [0.2, 0.25) is 0 Å². The van der Waals surface area contributed by atoms with Gasteiger partial charge in [0, 0.05) is 24.4 Å². The molecule has 0 saturated heterocycles. The second-order valence-electron chi connectivity index (χ2n) is 5.47. The van der Waals surface area contributed by atoms with Crippen LogP contribution >= 0.6 is 0 Å². The van der Waals surface area contributed by atoms with Crippen molar-refractivity contribution in [2.45, 2.75) is 6.42 Å². The van der Waals surface area contributed by atoms with Gasteiger partial charge in [-0.1, -0.05) is 48.5 Å². The summed E-state index contributed by atoms with van der Waals surface area (Å²) in [5.41, 5.74) is 2.52. The van der Waals surface area contributed by atoms with Crippen molar-refractivity contribution < 1.29 is 9.52 Å². The first-order valence-electron chi connectivity index (χ1n) is 7.84. The maximum atomic E-state index is 12.9. The number of carbonyl (C=O) groups excluding carboxylic acids is 1. The predicted octanol–water partition coefficient (Wildman–Crippen LogP) is 3.21. The molecule has 1 heterocycles. The molecule has 0 aliphatic heterocycles. The van der Waals surface area contributed by atoms with Gasteiger partial charge < -0.3 is 10.1 Å². The highest BCUT2D eigenvalue weighted by Gasteiger charge is 2.18. The van der Waals surface area contributed by atoms with Crippen molar-refractivity contribution in [2.24, 2.45) is 0 Å². The molecule has 0 aliphatic carbocycles. The van der Waals surface area contributed by atoms with Crippen molar-refractivity contribution in [3.8, 4) is 0 Å². The SMILES string of the molecule is O=C(c1cc[n+]([O-])cc1)N(CCc1ccccc1)c1ccccc1. The summed E-state index contributed by atoms with van der Waals surface area (Å²) in [6, 6.07) is 22.7. The van der Waals surface area contributed by atoms with E-state index in [1.54, 1.807) is 17.0 Å². The number of rotatable bonds is 5. The third-order valence-electron chi connectivity index (χ3n) is 3.83. The van der Waals surface area contributed by atoms with E-state index < -0.39 is 0 Å². The molecule has 0 spiro atoms. The minimum atomic E-state index is -0.113. The fourth-order valence-electron chi connectivity index (χ4n) is 2.55. The largest absolute Gasteiger partial charge is 0.619 e. The van der Waals surface area contributed by atoms with Crippen molar-refractivity contribution in [3.05, 3.63) is 102 Å². The highest BCUT2D eigenvalue weighted by atomic mass is 16.5. The molecule has 24 heavy (non-hydrogen) atoms. The molecule has 3 aromatic rings. The standard InChI is InChI=1S/C20H18N2O2/c23-20(18-12-14-21(24)15-13-18)22(19-9-5-2-6-10-19)16-11-17-7-3-1-4-8-17/h1-10,12-15H,11,16H2. The quantitative estimate of drug-likeness (QED) is 0.536. The van der Waals surface area contributed by atoms with E-state index in [-0.39, 0.29) is 5.91 Å². The van der Waals surface area contributed by atoms with Gasteiger partial charge in [-0.3, -0.25) is 4.79 Å². The zero-order valence-electron chi connectivity index (χ0n) is 13.2.